The topological polar surface area (TPSA) is 168 Å². The van der Waals surface area contributed by atoms with Crippen LogP contribution in [0.5, 0.6) is 0 Å². The summed E-state index contributed by atoms with van der Waals surface area (Å²) < 4.78 is 22.4. The highest BCUT2D eigenvalue weighted by Gasteiger charge is 2.45. The summed E-state index contributed by atoms with van der Waals surface area (Å²) in [5.41, 5.74) is -0.131. The first-order valence-electron chi connectivity index (χ1n) is 9.41. The van der Waals surface area contributed by atoms with Gasteiger partial charge in [0.2, 0.25) is 0 Å². The Morgan fingerprint density at radius 2 is 2.06 bits per heavy atom. The van der Waals surface area contributed by atoms with E-state index in [4.69, 9.17) is 16.3 Å². The zero-order valence-corrected chi connectivity index (χ0v) is 18.0. The molecule has 1 heterocycles. The molecule has 13 heteroatoms. The number of nitrogens with zero attached hydrogens (tertiary/aromatic N) is 2. The maximum Gasteiger partial charge on any atom is 0.365 e. The molecule has 3 rings (SSSR count). The summed E-state index contributed by atoms with van der Waals surface area (Å²) in [6.45, 7) is 0.906. The molecule has 1 aromatic carbocycles. The number of esters is 1. The van der Waals surface area contributed by atoms with Crippen molar-refractivity contribution < 1.29 is 38.8 Å². The van der Waals surface area contributed by atoms with Crippen LogP contribution in [0.25, 0.3) is 10.9 Å². The molecule has 0 spiro atoms. The lowest BCUT2D eigenvalue weighted by Gasteiger charge is -2.21. The minimum Gasteiger partial charge on any atom is -0.464 e. The Kier molecular flexibility index (Phi) is 7.17. The number of carbonyl (C=O) groups excluding carboxylic acids is 1. The highest BCUT2D eigenvalue weighted by atomic mass is 35.5. The normalized spacial score (nSPS) is 25.0. The minimum absolute atomic E-state index is 0.0244. The van der Waals surface area contributed by atoms with Crippen LogP contribution in [0.1, 0.15) is 19.4 Å². The fraction of sp³-hybridized carbons (Fsp3) is 0.500. The van der Waals surface area contributed by atoms with Gasteiger partial charge in [-0.3, -0.25) is 13.9 Å². The fourth-order valence-electron chi connectivity index (χ4n) is 3.65. The lowest BCUT2D eigenvalue weighted by Crippen LogP contribution is -2.35. The molecular weight excluding hydrogens is 455 g/mol. The van der Waals surface area contributed by atoms with E-state index in [-0.39, 0.29) is 23.4 Å². The van der Waals surface area contributed by atoms with Crippen molar-refractivity contribution in [2.24, 2.45) is 5.92 Å². The first kappa shape index (κ1) is 23.8. The molecule has 0 radical (unpaired) electrons. The maximum atomic E-state index is 12.9. The Balaban J connectivity index is 1.82. The Hall–Kier alpha value is -1.85. The van der Waals surface area contributed by atoms with Gasteiger partial charge in [-0.25, -0.2) is 9.78 Å². The number of aliphatic hydroxyl groups excluding tert-OH is 2. The molecule has 1 aromatic heterocycles. The van der Waals surface area contributed by atoms with E-state index >= 15 is 0 Å². The lowest BCUT2D eigenvalue weighted by atomic mass is 10.1. The predicted octanol–water partition coefficient (Wildman–Crippen LogP) is 0.416. The van der Waals surface area contributed by atoms with Gasteiger partial charge in [-0.05, 0) is 25.5 Å². The van der Waals surface area contributed by atoms with Gasteiger partial charge in [0, 0.05) is 5.92 Å². The van der Waals surface area contributed by atoms with Gasteiger partial charge < -0.3 is 29.5 Å². The van der Waals surface area contributed by atoms with Crippen molar-refractivity contribution in [3.63, 3.8) is 0 Å². The third-order valence-corrected chi connectivity index (χ3v) is 6.44. The second-order valence-corrected chi connectivity index (χ2v) is 9.22. The Labute approximate surface area is 181 Å². The van der Waals surface area contributed by atoms with Crippen molar-refractivity contribution in [2.45, 2.75) is 37.4 Å². The third-order valence-electron chi connectivity index (χ3n) is 5.15. The van der Waals surface area contributed by atoms with Gasteiger partial charge in [-0.15, -0.1) is 0 Å². The predicted molar refractivity (Wildman–Crippen MR) is 109 cm³/mol. The number of hydrogen-bond acceptors (Lipinski definition) is 8. The number of aromatic nitrogens is 2. The Morgan fingerprint density at radius 3 is 2.71 bits per heavy atom. The lowest BCUT2D eigenvalue weighted by molar-refractivity contribution is -0.153. The highest BCUT2D eigenvalue weighted by molar-refractivity contribution is 7.53. The van der Waals surface area contributed by atoms with Gasteiger partial charge in [0.05, 0.1) is 47.6 Å². The molecule has 2 aromatic rings. The van der Waals surface area contributed by atoms with Gasteiger partial charge in [0.25, 0.3) is 11.4 Å². The Bertz CT molecular complexity index is 1070. The molecule has 1 saturated carbocycles. The van der Waals surface area contributed by atoms with Crippen LogP contribution in [0.15, 0.2) is 29.3 Å². The molecule has 0 unspecified atom stereocenters. The van der Waals surface area contributed by atoms with Crippen LogP contribution in [0.2, 0.25) is 5.02 Å². The van der Waals surface area contributed by atoms with Crippen LogP contribution in [0.4, 0.5) is 0 Å². The van der Waals surface area contributed by atoms with E-state index in [1.807, 2.05) is 0 Å². The van der Waals surface area contributed by atoms with E-state index in [0.717, 1.165) is 4.57 Å². The quantitative estimate of drug-likeness (QED) is 0.324. The van der Waals surface area contributed by atoms with E-state index in [1.54, 1.807) is 12.1 Å². The molecule has 5 atom stereocenters. The summed E-state index contributed by atoms with van der Waals surface area (Å²) in [5, 5.41) is 21.3. The van der Waals surface area contributed by atoms with Crippen LogP contribution in [-0.2, 0) is 18.8 Å². The molecule has 0 bridgehead atoms. The zero-order chi connectivity index (χ0) is 22.9. The van der Waals surface area contributed by atoms with Gasteiger partial charge in [0.1, 0.15) is 6.10 Å². The van der Waals surface area contributed by atoms with Gasteiger partial charge in [-0.2, -0.15) is 0 Å². The number of benzene rings is 1. The molecule has 11 nitrogen and oxygen atoms in total. The zero-order valence-electron chi connectivity index (χ0n) is 16.4. The van der Waals surface area contributed by atoms with E-state index in [9.17, 15) is 34.2 Å². The second-order valence-electron chi connectivity index (χ2n) is 7.16. The van der Waals surface area contributed by atoms with E-state index in [2.05, 4.69) is 9.72 Å². The summed E-state index contributed by atoms with van der Waals surface area (Å²) >= 11 is 6.11. The monoisotopic (exact) mass is 476 g/mol. The van der Waals surface area contributed by atoms with Crippen LogP contribution in [-0.4, -0.2) is 66.8 Å². The molecule has 1 fully saturated rings. The minimum atomic E-state index is -4.99. The number of rotatable bonds is 7. The summed E-state index contributed by atoms with van der Waals surface area (Å²) in [6.07, 6.45) is -1.50. The smallest absolute Gasteiger partial charge is 0.365 e. The molecule has 1 aliphatic carbocycles. The molecule has 0 aliphatic heterocycles. The molecular formula is C18H22ClN2O9P. The standard InChI is InChI=1S/C18H22ClN2O9P/c1-2-29-17(25)18(31(26,27)28)30-7-9-6-12(15(23)14(9)22)21-8-20-11-5-3-4-10(19)13(11)16(21)24/h3-5,8-9,12,14-15,18,22-23H,2,6-7H2,1H3,(H2,26,27,28)/t9-,12-,14-,15+,18-/m1/s1. The molecule has 4 N–H and O–H groups in total. The van der Waals surface area contributed by atoms with Crippen LogP contribution in [0.3, 0.4) is 0 Å². The Morgan fingerprint density at radius 1 is 1.35 bits per heavy atom. The van der Waals surface area contributed by atoms with Gasteiger partial charge in [-0.1, -0.05) is 17.7 Å². The first-order chi connectivity index (χ1) is 14.6. The third kappa shape index (κ3) is 4.83. The maximum absolute atomic E-state index is 12.9. The summed E-state index contributed by atoms with van der Waals surface area (Å²) in [7, 11) is -4.99. The van der Waals surface area contributed by atoms with Crippen molar-refractivity contribution in [1.29, 1.82) is 0 Å². The molecule has 31 heavy (non-hydrogen) atoms. The number of carbonyl (C=O) groups is 1. The first-order valence-corrected chi connectivity index (χ1v) is 11.5. The number of aliphatic hydroxyl groups is 2. The van der Waals surface area contributed by atoms with Crippen LogP contribution < -0.4 is 5.56 Å². The van der Waals surface area contributed by atoms with Gasteiger partial charge in [0.15, 0.2) is 0 Å². The SMILES string of the molecule is CCOC(=O)[C@H](OC[C@H]1C[C@@H](n2cnc3cccc(Cl)c3c2=O)[C@H](O)[C@@H]1O)P(=O)(O)O. The number of halogens is 1. The van der Waals surface area contributed by atoms with E-state index in [1.165, 1.54) is 19.3 Å². The van der Waals surface area contributed by atoms with Gasteiger partial charge >= 0.3 is 13.6 Å². The van der Waals surface area contributed by atoms with Crippen molar-refractivity contribution in [3.8, 4) is 0 Å². The van der Waals surface area contributed by atoms with Crippen molar-refractivity contribution in [2.75, 3.05) is 13.2 Å². The average Bonchev–Trinajstić information content (AvgIpc) is 2.96. The van der Waals surface area contributed by atoms with Crippen molar-refractivity contribution in [1.82, 2.24) is 9.55 Å². The summed E-state index contributed by atoms with van der Waals surface area (Å²) in [5.74, 6) is -4.21. The number of hydrogen-bond donors (Lipinski definition) is 4. The molecule has 1 aliphatic rings. The van der Waals surface area contributed by atoms with E-state index in [0.29, 0.717) is 5.52 Å². The number of fused-ring (bicyclic) bond motifs is 1. The van der Waals surface area contributed by atoms with E-state index < -0.39 is 55.7 Å². The second kappa shape index (κ2) is 9.33. The molecule has 170 valence electrons. The van der Waals surface area contributed by atoms with Crippen LogP contribution in [0, 0.1) is 5.92 Å². The molecule has 0 saturated heterocycles. The number of ether oxygens (including phenoxy) is 2. The average molecular weight is 477 g/mol. The van der Waals surface area contributed by atoms with Crippen molar-refractivity contribution >= 4 is 36.1 Å². The van der Waals surface area contributed by atoms with Crippen molar-refractivity contribution in [3.05, 3.63) is 39.9 Å². The molecule has 0 amide bonds. The largest absolute Gasteiger partial charge is 0.464 e. The summed E-state index contributed by atoms with van der Waals surface area (Å²) in [4.78, 5) is 47.6. The fourth-order valence-corrected chi connectivity index (χ4v) is 4.53. The van der Waals surface area contributed by atoms with Crippen LogP contribution >= 0.6 is 19.2 Å². The summed E-state index contributed by atoms with van der Waals surface area (Å²) in [6, 6.07) is 3.90. The highest BCUT2D eigenvalue weighted by Crippen LogP contribution is 2.44.